The lowest BCUT2D eigenvalue weighted by Gasteiger charge is -2.15. The Morgan fingerprint density at radius 1 is 0.952 bits per heavy atom. The van der Waals surface area contributed by atoms with Crippen molar-refractivity contribution in [2.24, 2.45) is 0 Å². The van der Waals surface area contributed by atoms with Crippen LogP contribution in [0.4, 0.5) is 5.69 Å². The highest BCUT2D eigenvalue weighted by Crippen LogP contribution is 2.18. The fraction of sp³-hybridized carbons (Fsp3) is 0.250. The summed E-state index contributed by atoms with van der Waals surface area (Å²) in [5.41, 5.74) is 6.92. The minimum atomic E-state index is -0.769. The molecule has 1 unspecified atom stereocenters. The number of benzene rings is 2. The van der Waals surface area contributed by atoms with Gasteiger partial charge in [0.15, 0.2) is 0 Å². The third-order valence-electron chi connectivity index (χ3n) is 2.90. The molecule has 0 aliphatic carbocycles. The maximum absolute atomic E-state index is 9.85. The molecule has 2 rings (SSSR count). The number of nitrogen functional groups attached to an aromatic ring is 1. The van der Waals surface area contributed by atoms with Gasteiger partial charge in [-0.2, -0.15) is 0 Å². The van der Waals surface area contributed by atoms with Gasteiger partial charge < -0.3 is 25.4 Å². The number of aliphatic hydroxyl groups excluding tert-OH is 2. The highest BCUT2D eigenvalue weighted by molar-refractivity contribution is 5.41. The number of hydrogen-bond acceptors (Lipinski definition) is 5. The van der Waals surface area contributed by atoms with Crippen LogP contribution in [-0.2, 0) is 6.61 Å². The van der Waals surface area contributed by atoms with Gasteiger partial charge in [-0.3, -0.25) is 0 Å². The molecule has 112 valence electrons. The topological polar surface area (TPSA) is 84.9 Å². The van der Waals surface area contributed by atoms with Crippen LogP contribution in [-0.4, -0.2) is 29.5 Å². The van der Waals surface area contributed by atoms with Gasteiger partial charge in [0.25, 0.3) is 0 Å². The van der Waals surface area contributed by atoms with E-state index in [0.29, 0.717) is 22.7 Å². The first-order valence-corrected chi connectivity index (χ1v) is 6.67. The summed E-state index contributed by atoms with van der Waals surface area (Å²) in [6.45, 7) is 0.103. The van der Waals surface area contributed by atoms with Crippen LogP contribution in [0.2, 0.25) is 0 Å². The van der Waals surface area contributed by atoms with Crippen molar-refractivity contribution in [1.82, 2.24) is 0 Å². The van der Waals surface area contributed by atoms with Crippen molar-refractivity contribution in [1.29, 1.82) is 0 Å². The van der Waals surface area contributed by atoms with E-state index in [0.717, 1.165) is 0 Å². The van der Waals surface area contributed by atoms with Gasteiger partial charge in [0.1, 0.15) is 30.8 Å². The van der Waals surface area contributed by atoms with Gasteiger partial charge in [0.05, 0.1) is 6.61 Å². The van der Waals surface area contributed by atoms with Gasteiger partial charge >= 0.3 is 0 Å². The SMILES string of the molecule is Nc1ccc(OCC(O)COc2ccccc2CO)cc1. The average molecular weight is 289 g/mol. The van der Waals surface area contributed by atoms with E-state index >= 15 is 0 Å². The molecule has 0 radical (unpaired) electrons. The standard InChI is InChI=1S/C16H19NO4/c17-13-5-7-15(8-6-13)20-10-14(19)11-21-16-4-2-1-3-12(16)9-18/h1-8,14,18-19H,9-11,17H2. The van der Waals surface area contributed by atoms with Gasteiger partial charge in [-0.05, 0) is 30.3 Å². The second-order valence-corrected chi connectivity index (χ2v) is 4.61. The Hall–Kier alpha value is -2.24. The molecule has 1 atom stereocenters. The second kappa shape index (κ2) is 7.52. The molecule has 0 spiro atoms. The summed E-state index contributed by atoms with van der Waals surface area (Å²) >= 11 is 0. The van der Waals surface area contributed by atoms with Crippen LogP contribution in [0.1, 0.15) is 5.56 Å². The first-order valence-electron chi connectivity index (χ1n) is 6.67. The van der Waals surface area contributed by atoms with Crippen molar-refractivity contribution < 1.29 is 19.7 Å². The molecule has 5 nitrogen and oxygen atoms in total. The minimum Gasteiger partial charge on any atom is -0.491 e. The monoisotopic (exact) mass is 289 g/mol. The lowest BCUT2D eigenvalue weighted by Crippen LogP contribution is -2.25. The summed E-state index contributed by atoms with van der Waals surface area (Å²) in [4.78, 5) is 0. The highest BCUT2D eigenvalue weighted by atomic mass is 16.5. The third-order valence-corrected chi connectivity index (χ3v) is 2.90. The number of para-hydroxylation sites is 1. The Labute approximate surface area is 123 Å². The van der Waals surface area contributed by atoms with Crippen molar-refractivity contribution in [3.05, 3.63) is 54.1 Å². The van der Waals surface area contributed by atoms with Crippen LogP contribution in [0.15, 0.2) is 48.5 Å². The Morgan fingerprint density at radius 3 is 2.33 bits per heavy atom. The zero-order chi connectivity index (χ0) is 15.1. The molecule has 0 saturated heterocycles. The maximum atomic E-state index is 9.85. The third kappa shape index (κ3) is 4.66. The van der Waals surface area contributed by atoms with E-state index < -0.39 is 6.10 Å². The number of nitrogens with two attached hydrogens (primary N) is 1. The van der Waals surface area contributed by atoms with E-state index in [1.807, 2.05) is 12.1 Å². The molecule has 0 aromatic heterocycles. The van der Waals surface area contributed by atoms with E-state index in [-0.39, 0.29) is 19.8 Å². The van der Waals surface area contributed by atoms with Crippen LogP contribution in [0, 0.1) is 0 Å². The van der Waals surface area contributed by atoms with Gasteiger partial charge in [-0.25, -0.2) is 0 Å². The maximum Gasteiger partial charge on any atom is 0.124 e. The Morgan fingerprint density at radius 2 is 1.62 bits per heavy atom. The molecular weight excluding hydrogens is 270 g/mol. The van der Waals surface area contributed by atoms with Gasteiger partial charge in [-0.15, -0.1) is 0 Å². The largest absolute Gasteiger partial charge is 0.491 e. The van der Waals surface area contributed by atoms with Crippen molar-refractivity contribution >= 4 is 5.69 Å². The fourth-order valence-electron chi connectivity index (χ4n) is 1.77. The zero-order valence-corrected chi connectivity index (χ0v) is 11.6. The average Bonchev–Trinajstić information content (AvgIpc) is 2.52. The Kier molecular flexibility index (Phi) is 5.43. The predicted molar refractivity (Wildman–Crippen MR) is 80.2 cm³/mol. The molecule has 2 aromatic carbocycles. The minimum absolute atomic E-state index is 0.0893. The van der Waals surface area contributed by atoms with E-state index in [1.54, 1.807) is 36.4 Å². The van der Waals surface area contributed by atoms with Crippen molar-refractivity contribution in [2.45, 2.75) is 12.7 Å². The van der Waals surface area contributed by atoms with Crippen LogP contribution < -0.4 is 15.2 Å². The second-order valence-electron chi connectivity index (χ2n) is 4.61. The van der Waals surface area contributed by atoms with E-state index in [1.165, 1.54) is 0 Å². The smallest absolute Gasteiger partial charge is 0.124 e. The molecule has 0 aliphatic heterocycles. The molecule has 2 aromatic rings. The zero-order valence-electron chi connectivity index (χ0n) is 11.6. The van der Waals surface area contributed by atoms with Crippen LogP contribution >= 0.6 is 0 Å². The molecule has 0 saturated carbocycles. The molecule has 21 heavy (non-hydrogen) atoms. The Bertz CT molecular complexity index is 556. The summed E-state index contributed by atoms with van der Waals surface area (Å²) in [5.74, 6) is 1.20. The van der Waals surface area contributed by atoms with E-state index in [9.17, 15) is 10.2 Å². The molecular formula is C16H19NO4. The number of anilines is 1. The number of hydrogen-bond donors (Lipinski definition) is 3. The fourth-order valence-corrected chi connectivity index (χ4v) is 1.77. The van der Waals surface area contributed by atoms with Crippen LogP contribution in [0.5, 0.6) is 11.5 Å². The number of rotatable bonds is 7. The quantitative estimate of drug-likeness (QED) is 0.674. The lowest BCUT2D eigenvalue weighted by atomic mass is 10.2. The van der Waals surface area contributed by atoms with Crippen molar-refractivity contribution in [3.63, 3.8) is 0 Å². The first-order chi connectivity index (χ1) is 10.2. The van der Waals surface area contributed by atoms with Crippen LogP contribution in [0.25, 0.3) is 0 Å². The van der Waals surface area contributed by atoms with Gasteiger partial charge in [-0.1, -0.05) is 18.2 Å². The molecule has 0 bridgehead atoms. The van der Waals surface area contributed by atoms with Crippen molar-refractivity contribution in [3.8, 4) is 11.5 Å². The molecule has 0 amide bonds. The normalized spacial score (nSPS) is 11.9. The van der Waals surface area contributed by atoms with Crippen LogP contribution in [0.3, 0.4) is 0 Å². The molecule has 5 heteroatoms. The summed E-state index contributed by atoms with van der Waals surface area (Å²) < 4.78 is 10.9. The molecule has 0 fully saturated rings. The number of ether oxygens (including phenoxy) is 2. The molecule has 4 N–H and O–H groups in total. The first kappa shape index (κ1) is 15.2. The lowest BCUT2D eigenvalue weighted by molar-refractivity contribution is 0.0618. The predicted octanol–water partition coefficient (Wildman–Crippen LogP) is 1.58. The molecule has 0 aliphatic rings. The molecule has 0 heterocycles. The van der Waals surface area contributed by atoms with E-state index in [2.05, 4.69) is 0 Å². The summed E-state index contributed by atoms with van der Waals surface area (Å²) in [6, 6.07) is 14.1. The highest BCUT2D eigenvalue weighted by Gasteiger charge is 2.08. The van der Waals surface area contributed by atoms with Gasteiger partial charge in [0.2, 0.25) is 0 Å². The van der Waals surface area contributed by atoms with Crippen molar-refractivity contribution in [2.75, 3.05) is 18.9 Å². The Balaban J connectivity index is 1.79. The number of aliphatic hydroxyl groups is 2. The van der Waals surface area contributed by atoms with E-state index in [4.69, 9.17) is 15.2 Å². The summed E-state index contributed by atoms with van der Waals surface area (Å²) in [7, 11) is 0. The summed E-state index contributed by atoms with van der Waals surface area (Å²) in [6.07, 6.45) is -0.769. The summed E-state index contributed by atoms with van der Waals surface area (Å²) in [5, 5.41) is 19.0. The van der Waals surface area contributed by atoms with Gasteiger partial charge in [0, 0.05) is 11.3 Å².